The summed E-state index contributed by atoms with van der Waals surface area (Å²) in [5.41, 5.74) is 5.11. The van der Waals surface area contributed by atoms with Gasteiger partial charge < -0.3 is 20.9 Å². The van der Waals surface area contributed by atoms with Gasteiger partial charge in [0.1, 0.15) is 0 Å². The lowest BCUT2D eigenvalue weighted by Gasteiger charge is -2.30. The number of amides is 3. The fourth-order valence-electron chi connectivity index (χ4n) is 4.20. The molecule has 1 aliphatic heterocycles. The van der Waals surface area contributed by atoms with Crippen LogP contribution in [0.5, 0.6) is 0 Å². The van der Waals surface area contributed by atoms with Crippen LogP contribution in [0.25, 0.3) is 0 Å². The number of hydrogen-bond donors (Lipinski definition) is 3. The molecule has 1 fully saturated rings. The molecule has 0 aliphatic carbocycles. The van der Waals surface area contributed by atoms with Crippen molar-refractivity contribution in [3.05, 3.63) is 89.5 Å². The molecule has 1 aliphatic rings. The van der Waals surface area contributed by atoms with Crippen molar-refractivity contribution in [1.82, 2.24) is 5.32 Å². The highest BCUT2D eigenvalue weighted by Crippen LogP contribution is 2.27. The molecule has 0 aromatic heterocycles. The van der Waals surface area contributed by atoms with Crippen LogP contribution in [-0.2, 0) is 6.42 Å². The van der Waals surface area contributed by atoms with E-state index < -0.39 is 0 Å². The maximum atomic E-state index is 13.2. The van der Waals surface area contributed by atoms with Crippen molar-refractivity contribution in [2.45, 2.75) is 32.6 Å². The van der Waals surface area contributed by atoms with Gasteiger partial charge in [0.25, 0.3) is 5.91 Å². The number of nitrogens with one attached hydrogen (secondary N) is 3. The maximum absolute atomic E-state index is 13.2. The molecule has 3 amide bonds. The van der Waals surface area contributed by atoms with Crippen molar-refractivity contribution in [2.75, 3.05) is 35.2 Å². The molecule has 1 saturated heterocycles. The van der Waals surface area contributed by atoms with E-state index in [4.69, 9.17) is 0 Å². The van der Waals surface area contributed by atoms with E-state index in [2.05, 4.69) is 33.0 Å². The largest absolute Gasteiger partial charge is 0.371 e. The standard InChI is InChI=1S/C28H32N4O2/c1-21-10-12-23(13-11-21)30-28(34)31-24-14-15-26(32-18-6-3-7-19-32)25(20-24)27(33)29-17-16-22-8-4-2-5-9-22/h2,4-5,8-15,20H,3,6-7,16-19H2,1H3,(H,29,33)(H2,30,31,34). The number of carbonyl (C=O) groups is 2. The van der Waals surface area contributed by atoms with E-state index in [0.717, 1.165) is 43.6 Å². The molecule has 34 heavy (non-hydrogen) atoms. The molecule has 0 spiro atoms. The van der Waals surface area contributed by atoms with Crippen molar-refractivity contribution in [2.24, 2.45) is 0 Å². The molecular formula is C28H32N4O2. The van der Waals surface area contributed by atoms with Crippen molar-refractivity contribution in [1.29, 1.82) is 0 Å². The van der Waals surface area contributed by atoms with Crippen molar-refractivity contribution >= 4 is 29.0 Å². The average molecular weight is 457 g/mol. The minimum absolute atomic E-state index is 0.126. The predicted molar refractivity (Wildman–Crippen MR) is 139 cm³/mol. The quantitative estimate of drug-likeness (QED) is 0.433. The van der Waals surface area contributed by atoms with E-state index in [1.165, 1.54) is 12.0 Å². The summed E-state index contributed by atoms with van der Waals surface area (Å²) in [5.74, 6) is -0.126. The van der Waals surface area contributed by atoms with Crippen molar-refractivity contribution < 1.29 is 9.59 Å². The molecule has 0 radical (unpaired) electrons. The third kappa shape index (κ3) is 6.38. The van der Waals surface area contributed by atoms with Gasteiger partial charge in [0, 0.05) is 36.7 Å². The van der Waals surface area contributed by atoms with Crippen molar-refractivity contribution in [3.63, 3.8) is 0 Å². The summed E-state index contributed by atoms with van der Waals surface area (Å²) in [5, 5.41) is 8.76. The van der Waals surface area contributed by atoms with E-state index in [1.54, 1.807) is 6.07 Å². The first-order chi connectivity index (χ1) is 16.6. The minimum Gasteiger partial charge on any atom is -0.371 e. The summed E-state index contributed by atoms with van der Waals surface area (Å²) in [6.45, 7) is 4.42. The van der Waals surface area contributed by atoms with Crippen LogP contribution < -0.4 is 20.9 Å². The van der Waals surface area contributed by atoms with Gasteiger partial charge in [-0.15, -0.1) is 0 Å². The second kappa shape index (κ2) is 11.4. The van der Waals surface area contributed by atoms with Gasteiger partial charge in [0.15, 0.2) is 0 Å². The molecule has 4 rings (SSSR count). The Morgan fingerprint density at radius 3 is 2.24 bits per heavy atom. The number of anilines is 3. The molecule has 0 bridgehead atoms. The van der Waals surface area contributed by atoms with Gasteiger partial charge in [0.05, 0.1) is 5.56 Å². The van der Waals surface area contributed by atoms with Crippen LogP contribution in [0.4, 0.5) is 21.9 Å². The molecule has 3 aromatic rings. The van der Waals surface area contributed by atoms with Crippen LogP contribution in [0.2, 0.25) is 0 Å². The predicted octanol–water partition coefficient (Wildman–Crippen LogP) is 5.60. The lowest BCUT2D eigenvalue weighted by molar-refractivity contribution is 0.0954. The number of hydrogen-bond acceptors (Lipinski definition) is 3. The van der Waals surface area contributed by atoms with Gasteiger partial charge in [-0.1, -0.05) is 48.0 Å². The highest BCUT2D eigenvalue weighted by molar-refractivity contribution is 6.04. The van der Waals surface area contributed by atoms with Crippen LogP contribution in [0, 0.1) is 6.92 Å². The molecule has 3 aromatic carbocycles. The van der Waals surface area contributed by atoms with Crippen molar-refractivity contribution in [3.8, 4) is 0 Å². The van der Waals surface area contributed by atoms with Crippen LogP contribution >= 0.6 is 0 Å². The smallest absolute Gasteiger partial charge is 0.323 e. The Kier molecular flexibility index (Phi) is 7.81. The van der Waals surface area contributed by atoms with E-state index in [9.17, 15) is 9.59 Å². The number of carbonyl (C=O) groups excluding carboxylic acids is 2. The number of aryl methyl sites for hydroxylation is 1. The van der Waals surface area contributed by atoms with E-state index >= 15 is 0 Å². The average Bonchev–Trinajstić information content (AvgIpc) is 2.86. The Hall–Kier alpha value is -3.80. The third-order valence-corrected chi connectivity index (χ3v) is 6.05. The van der Waals surface area contributed by atoms with Crippen LogP contribution in [0.1, 0.15) is 40.7 Å². The highest BCUT2D eigenvalue weighted by Gasteiger charge is 2.19. The topological polar surface area (TPSA) is 73.5 Å². The molecule has 0 unspecified atom stereocenters. The molecular weight excluding hydrogens is 424 g/mol. The first-order valence-corrected chi connectivity index (χ1v) is 11.9. The SMILES string of the molecule is Cc1ccc(NC(=O)Nc2ccc(N3CCCCC3)c(C(=O)NCCc3ccccc3)c2)cc1. The monoisotopic (exact) mass is 456 g/mol. The third-order valence-electron chi connectivity index (χ3n) is 6.05. The van der Waals surface area contributed by atoms with Gasteiger partial charge in [-0.2, -0.15) is 0 Å². The Bertz CT molecular complexity index is 1110. The number of rotatable bonds is 7. The Morgan fingerprint density at radius 1 is 0.824 bits per heavy atom. The maximum Gasteiger partial charge on any atom is 0.323 e. The second-order valence-electron chi connectivity index (χ2n) is 8.72. The molecule has 6 nitrogen and oxygen atoms in total. The van der Waals surface area contributed by atoms with E-state index in [1.807, 2.05) is 61.5 Å². The second-order valence-corrected chi connectivity index (χ2v) is 8.72. The van der Waals surface area contributed by atoms with Crippen LogP contribution in [0.15, 0.2) is 72.8 Å². The minimum atomic E-state index is -0.343. The zero-order valence-electron chi connectivity index (χ0n) is 19.6. The Morgan fingerprint density at radius 2 is 1.50 bits per heavy atom. The summed E-state index contributed by atoms with van der Waals surface area (Å²) < 4.78 is 0. The van der Waals surface area contributed by atoms with Crippen LogP contribution in [0.3, 0.4) is 0 Å². The lowest BCUT2D eigenvalue weighted by Crippen LogP contribution is -2.33. The summed E-state index contributed by atoms with van der Waals surface area (Å²) in [7, 11) is 0. The fraction of sp³-hybridized carbons (Fsp3) is 0.286. The number of piperidine rings is 1. The molecule has 0 saturated carbocycles. The molecule has 1 heterocycles. The van der Waals surface area contributed by atoms with E-state index in [-0.39, 0.29) is 11.9 Å². The summed E-state index contributed by atoms with van der Waals surface area (Å²) in [6.07, 6.45) is 4.22. The van der Waals surface area contributed by atoms with Crippen LogP contribution in [-0.4, -0.2) is 31.6 Å². The Labute approximate surface area is 201 Å². The highest BCUT2D eigenvalue weighted by atomic mass is 16.2. The molecule has 6 heteroatoms. The first-order valence-electron chi connectivity index (χ1n) is 11.9. The summed E-state index contributed by atoms with van der Waals surface area (Å²) >= 11 is 0. The first kappa shape index (κ1) is 23.4. The zero-order chi connectivity index (χ0) is 23.8. The summed E-state index contributed by atoms with van der Waals surface area (Å²) in [4.78, 5) is 28.0. The molecule has 3 N–H and O–H groups in total. The lowest BCUT2D eigenvalue weighted by atomic mass is 10.1. The Balaban J connectivity index is 1.47. The number of nitrogens with zero attached hydrogens (tertiary/aromatic N) is 1. The van der Waals surface area contributed by atoms with Gasteiger partial charge in [-0.25, -0.2) is 4.79 Å². The van der Waals surface area contributed by atoms with Gasteiger partial charge in [-0.05, 0) is 68.5 Å². The fourth-order valence-corrected chi connectivity index (χ4v) is 4.20. The normalized spacial score (nSPS) is 13.3. The molecule has 176 valence electrons. The van der Waals surface area contributed by atoms with Gasteiger partial charge in [-0.3, -0.25) is 4.79 Å². The summed E-state index contributed by atoms with van der Waals surface area (Å²) in [6, 6.07) is 23.0. The number of urea groups is 1. The van der Waals surface area contributed by atoms with Gasteiger partial charge >= 0.3 is 6.03 Å². The van der Waals surface area contributed by atoms with E-state index in [0.29, 0.717) is 23.5 Å². The number of benzene rings is 3. The molecule has 0 atom stereocenters. The zero-order valence-corrected chi connectivity index (χ0v) is 19.6. The van der Waals surface area contributed by atoms with Gasteiger partial charge in [0.2, 0.25) is 0 Å².